The van der Waals surface area contributed by atoms with Crippen LogP contribution in [-0.2, 0) is 0 Å². The molecule has 0 spiro atoms. The molecule has 0 saturated carbocycles. The van der Waals surface area contributed by atoms with Crippen LogP contribution in [0.1, 0.15) is 0 Å². The van der Waals surface area contributed by atoms with E-state index in [2.05, 4.69) is 20.8 Å². The lowest BCUT2D eigenvalue weighted by atomic mass is 10.2. The van der Waals surface area contributed by atoms with Crippen LogP contribution in [0.3, 0.4) is 0 Å². The second-order valence-corrected chi connectivity index (χ2v) is 4.75. The van der Waals surface area contributed by atoms with Crippen molar-refractivity contribution in [3.63, 3.8) is 0 Å². The van der Waals surface area contributed by atoms with E-state index in [0.29, 0.717) is 0 Å². The monoisotopic (exact) mass is 371 g/mol. The van der Waals surface area contributed by atoms with Crippen LogP contribution in [0.15, 0.2) is 51.7 Å². The summed E-state index contributed by atoms with van der Waals surface area (Å²) in [6.45, 7) is 0. The highest BCUT2D eigenvalue weighted by atomic mass is 16.6. The van der Waals surface area contributed by atoms with Gasteiger partial charge in [0.05, 0.1) is 27.7 Å². The topological polar surface area (TPSA) is 200 Å². The van der Waals surface area contributed by atoms with Gasteiger partial charge in [0.15, 0.2) is 0 Å². The molecule has 136 valence electrons. The maximum atomic E-state index is 10.6. The van der Waals surface area contributed by atoms with E-state index in [1.165, 1.54) is 6.07 Å². The predicted molar refractivity (Wildman–Crippen MR) is 90.7 cm³/mol. The van der Waals surface area contributed by atoms with Crippen molar-refractivity contribution in [1.82, 2.24) is 0 Å². The molecule has 2 rings (SSSR count). The number of azo groups is 1. The lowest BCUT2D eigenvalue weighted by Crippen LogP contribution is -1.97. The molecule has 2 aromatic rings. The number of nitriles is 1. The zero-order chi connectivity index (χ0) is 20.0. The third kappa shape index (κ3) is 4.70. The Morgan fingerprint density at radius 2 is 1.63 bits per heavy atom. The van der Waals surface area contributed by atoms with Gasteiger partial charge in [-0.3, -0.25) is 25.7 Å². The van der Waals surface area contributed by atoms with Gasteiger partial charge in [0.2, 0.25) is 0 Å². The van der Waals surface area contributed by atoms with Gasteiger partial charge in [-0.15, -0.1) is 15.3 Å². The Labute approximate surface area is 149 Å². The first-order valence-corrected chi connectivity index (χ1v) is 6.92. The van der Waals surface area contributed by atoms with Gasteiger partial charge in [0.25, 0.3) is 17.2 Å². The molecule has 0 aliphatic rings. The standard InChI is InChI=1S/C14H9N7O6/c15-7-14(18-16-10-3-1-8(20(24)25)5-12(10)22)19-17-11-4-2-9(21(26)27)6-13(11)23/h1-6,16,22-23H/b18-14+,19-17+. The maximum absolute atomic E-state index is 10.6. The molecule has 13 nitrogen and oxygen atoms in total. The third-order valence-electron chi connectivity index (χ3n) is 3.00. The van der Waals surface area contributed by atoms with E-state index in [1.54, 1.807) is 6.07 Å². The van der Waals surface area contributed by atoms with Gasteiger partial charge >= 0.3 is 0 Å². The molecule has 0 bridgehead atoms. The molecule has 2 aromatic carbocycles. The second-order valence-electron chi connectivity index (χ2n) is 4.75. The zero-order valence-electron chi connectivity index (χ0n) is 13.2. The molecule has 0 fully saturated rings. The van der Waals surface area contributed by atoms with E-state index in [-0.39, 0.29) is 22.7 Å². The fourth-order valence-corrected chi connectivity index (χ4v) is 1.72. The fraction of sp³-hybridized carbons (Fsp3) is 0. The van der Waals surface area contributed by atoms with Crippen LogP contribution in [0.25, 0.3) is 0 Å². The van der Waals surface area contributed by atoms with Crippen LogP contribution >= 0.6 is 0 Å². The first-order chi connectivity index (χ1) is 12.8. The first kappa shape index (κ1) is 18.7. The second kappa shape index (κ2) is 7.98. The first-order valence-electron chi connectivity index (χ1n) is 6.92. The van der Waals surface area contributed by atoms with Gasteiger partial charge in [-0.05, 0) is 12.1 Å². The van der Waals surface area contributed by atoms with E-state index >= 15 is 0 Å². The van der Waals surface area contributed by atoms with E-state index < -0.39 is 27.2 Å². The number of amidine groups is 1. The van der Waals surface area contributed by atoms with Crippen LogP contribution in [0, 0.1) is 31.6 Å². The van der Waals surface area contributed by atoms with Gasteiger partial charge in [-0.1, -0.05) is 0 Å². The Balaban J connectivity index is 2.18. The number of rotatable bonds is 5. The summed E-state index contributed by atoms with van der Waals surface area (Å²) in [5.74, 6) is -1.51. The quantitative estimate of drug-likeness (QED) is 0.178. The lowest BCUT2D eigenvalue weighted by Gasteiger charge is -2.02. The van der Waals surface area contributed by atoms with Gasteiger partial charge in [0.1, 0.15) is 23.3 Å². The fourth-order valence-electron chi connectivity index (χ4n) is 1.72. The smallest absolute Gasteiger partial charge is 0.273 e. The van der Waals surface area contributed by atoms with Crippen LogP contribution < -0.4 is 5.43 Å². The number of non-ortho nitro benzene ring substituents is 2. The molecule has 3 N–H and O–H groups in total. The molecule has 0 amide bonds. The molecule has 0 aliphatic heterocycles. The summed E-state index contributed by atoms with van der Waals surface area (Å²) in [5.41, 5.74) is 1.44. The molecule has 27 heavy (non-hydrogen) atoms. The van der Waals surface area contributed by atoms with Gasteiger partial charge in [-0.2, -0.15) is 5.26 Å². The lowest BCUT2D eigenvalue weighted by molar-refractivity contribution is -0.385. The molecule has 0 unspecified atom stereocenters. The molecule has 0 radical (unpaired) electrons. The van der Waals surface area contributed by atoms with Crippen molar-refractivity contribution < 1.29 is 20.1 Å². The summed E-state index contributed by atoms with van der Waals surface area (Å²) in [7, 11) is 0. The van der Waals surface area contributed by atoms with Crippen LogP contribution in [0.5, 0.6) is 11.5 Å². The number of phenols is 2. The van der Waals surface area contributed by atoms with Gasteiger partial charge in [-0.25, -0.2) is 0 Å². The van der Waals surface area contributed by atoms with E-state index in [9.17, 15) is 30.4 Å². The number of hydrogen-bond donors (Lipinski definition) is 3. The zero-order valence-corrected chi connectivity index (χ0v) is 13.2. The van der Waals surface area contributed by atoms with Crippen molar-refractivity contribution in [3.8, 4) is 17.6 Å². The highest BCUT2D eigenvalue weighted by Crippen LogP contribution is 2.30. The Bertz CT molecular complexity index is 1010. The summed E-state index contributed by atoms with van der Waals surface area (Å²) < 4.78 is 0. The van der Waals surface area contributed by atoms with Crippen molar-refractivity contribution >= 4 is 28.6 Å². The molecule has 0 aromatic heterocycles. The number of hydrogen-bond acceptors (Lipinski definition) is 10. The minimum Gasteiger partial charge on any atom is -0.505 e. The van der Waals surface area contributed by atoms with Gasteiger partial charge < -0.3 is 10.2 Å². The Morgan fingerprint density at radius 1 is 1.04 bits per heavy atom. The van der Waals surface area contributed by atoms with Crippen molar-refractivity contribution in [2.45, 2.75) is 0 Å². The molecule has 0 aliphatic carbocycles. The Hall–Kier alpha value is -4.60. The average molecular weight is 371 g/mol. The summed E-state index contributed by atoms with van der Waals surface area (Å²) >= 11 is 0. The minimum atomic E-state index is -0.705. The van der Waals surface area contributed by atoms with Crippen molar-refractivity contribution in [2.24, 2.45) is 15.3 Å². The maximum Gasteiger partial charge on any atom is 0.273 e. The number of hydrazone groups is 1. The normalized spacial score (nSPS) is 11.1. The van der Waals surface area contributed by atoms with E-state index in [1.807, 2.05) is 0 Å². The summed E-state index contributed by atoms with van der Waals surface area (Å²) in [4.78, 5) is 19.8. The van der Waals surface area contributed by atoms with Crippen LogP contribution in [0.4, 0.5) is 22.7 Å². The number of phenolic OH excluding ortho intramolecular Hbond substituents is 2. The summed E-state index contributed by atoms with van der Waals surface area (Å²) in [5, 5.41) is 60.1. The summed E-state index contributed by atoms with van der Waals surface area (Å²) in [6, 6.07) is 7.84. The van der Waals surface area contributed by atoms with E-state index in [0.717, 1.165) is 30.3 Å². The molecular weight excluding hydrogens is 362 g/mol. The molecular formula is C14H9N7O6. The molecule has 0 atom stereocenters. The SMILES string of the molecule is N#CC(/N=N/c1ccc([N+](=O)[O-])cc1O)=N\Nc1ccc([N+](=O)[O-])cc1O. The number of nitrogens with zero attached hydrogens (tertiary/aromatic N) is 6. The number of aromatic hydroxyl groups is 2. The third-order valence-corrected chi connectivity index (χ3v) is 3.00. The average Bonchev–Trinajstić information content (AvgIpc) is 2.63. The minimum absolute atomic E-state index is 0.0262. The number of nitro benzene ring substituents is 2. The van der Waals surface area contributed by atoms with Crippen molar-refractivity contribution in [1.29, 1.82) is 5.26 Å². The van der Waals surface area contributed by atoms with Crippen molar-refractivity contribution in [2.75, 3.05) is 5.43 Å². The van der Waals surface area contributed by atoms with Crippen LogP contribution in [-0.4, -0.2) is 25.9 Å². The highest BCUT2D eigenvalue weighted by Gasteiger charge is 2.11. The number of anilines is 1. The van der Waals surface area contributed by atoms with E-state index in [4.69, 9.17) is 5.26 Å². The predicted octanol–water partition coefficient (Wildman–Crippen LogP) is 2.95. The number of benzene rings is 2. The van der Waals surface area contributed by atoms with Crippen molar-refractivity contribution in [3.05, 3.63) is 56.6 Å². The van der Waals surface area contributed by atoms with Gasteiger partial charge in [0, 0.05) is 12.1 Å². The van der Waals surface area contributed by atoms with Crippen LogP contribution in [0.2, 0.25) is 0 Å². The number of nitrogens with one attached hydrogen (secondary N) is 1. The highest BCUT2D eigenvalue weighted by molar-refractivity contribution is 5.97. The number of nitro groups is 2. The summed E-state index contributed by atoms with van der Waals surface area (Å²) in [6.07, 6.45) is 0. The molecule has 0 saturated heterocycles. The Kier molecular flexibility index (Phi) is 5.54. The molecule has 13 heteroatoms. The Morgan fingerprint density at radius 3 is 2.15 bits per heavy atom. The largest absolute Gasteiger partial charge is 0.505 e. The molecule has 0 heterocycles.